The summed E-state index contributed by atoms with van der Waals surface area (Å²) in [7, 11) is 3.71. The molecule has 0 aliphatic carbocycles. The monoisotopic (exact) mass is 237 g/mol. The Labute approximate surface area is 101 Å². The first-order valence-electron chi connectivity index (χ1n) is 5.78. The van der Waals surface area contributed by atoms with Gasteiger partial charge in [0.25, 0.3) is 0 Å². The first-order valence-corrected chi connectivity index (χ1v) is 5.78. The molecule has 0 spiro atoms. The summed E-state index contributed by atoms with van der Waals surface area (Å²) in [6, 6.07) is 1.76. The van der Waals surface area contributed by atoms with Gasteiger partial charge in [0.15, 0.2) is 0 Å². The molecule has 2 heterocycles. The van der Waals surface area contributed by atoms with Crippen LogP contribution < -0.4 is 15.8 Å². The molecule has 1 unspecified atom stereocenters. The molecule has 3 N–H and O–H groups in total. The molecule has 0 amide bonds. The summed E-state index contributed by atoms with van der Waals surface area (Å²) >= 11 is 0. The van der Waals surface area contributed by atoms with Crippen molar-refractivity contribution < 1.29 is 4.74 Å². The first-order chi connectivity index (χ1) is 8.17. The SMILES string of the molecule is COc1cc(NCC2CCN(C)C2)nc(N)n1. The second-order valence-electron chi connectivity index (χ2n) is 4.45. The van der Waals surface area contributed by atoms with E-state index in [1.54, 1.807) is 13.2 Å². The molecule has 6 nitrogen and oxygen atoms in total. The lowest BCUT2D eigenvalue weighted by Crippen LogP contribution is -2.19. The molecule has 1 aromatic rings. The van der Waals surface area contributed by atoms with E-state index in [0.717, 1.165) is 18.9 Å². The maximum atomic E-state index is 5.59. The van der Waals surface area contributed by atoms with Crippen molar-refractivity contribution in [3.63, 3.8) is 0 Å². The smallest absolute Gasteiger partial charge is 0.225 e. The molecule has 17 heavy (non-hydrogen) atoms. The minimum Gasteiger partial charge on any atom is -0.481 e. The average molecular weight is 237 g/mol. The fraction of sp³-hybridized carbons (Fsp3) is 0.636. The molecule has 6 heteroatoms. The van der Waals surface area contributed by atoms with Crippen LogP contribution in [0.15, 0.2) is 6.07 Å². The van der Waals surface area contributed by atoms with E-state index in [4.69, 9.17) is 10.5 Å². The van der Waals surface area contributed by atoms with Crippen molar-refractivity contribution >= 4 is 11.8 Å². The summed E-state index contributed by atoms with van der Waals surface area (Å²) in [5, 5.41) is 3.28. The first kappa shape index (κ1) is 11.9. The normalized spacial score (nSPS) is 20.5. The van der Waals surface area contributed by atoms with Crippen molar-refractivity contribution in [3.8, 4) is 5.88 Å². The zero-order chi connectivity index (χ0) is 12.3. The van der Waals surface area contributed by atoms with Crippen LogP contribution in [0.3, 0.4) is 0 Å². The standard InChI is InChI=1S/C11H19N5O/c1-16-4-3-8(7-16)6-13-9-5-10(17-2)15-11(12)14-9/h5,8H,3-4,6-7H2,1-2H3,(H3,12,13,14,15). The van der Waals surface area contributed by atoms with Crippen LogP contribution in [-0.2, 0) is 0 Å². The second-order valence-corrected chi connectivity index (χ2v) is 4.45. The molecule has 0 bridgehead atoms. The number of likely N-dealkylation sites (tertiary alicyclic amines) is 1. The van der Waals surface area contributed by atoms with Gasteiger partial charge in [0, 0.05) is 19.2 Å². The molecule has 1 atom stereocenters. The zero-order valence-corrected chi connectivity index (χ0v) is 10.3. The molecule has 1 aromatic heterocycles. The van der Waals surface area contributed by atoms with Crippen molar-refractivity contribution in [1.29, 1.82) is 0 Å². The van der Waals surface area contributed by atoms with Crippen molar-refractivity contribution in [3.05, 3.63) is 6.07 Å². The molecule has 2 rings (SSSR count). The van der Waals surface area contributed by atoms with Gasteiger partial charge in [0.05, 0.1) is 7.11 Å². The van der Waals surface area contributed by atoms with E-state index in [1.807, 2.05) is 0 Å². The minimum atomic E-state index is 0.232. The van der Waals surface area contributed by atoms with Crippen LogP contribution in [-0.4, -0.2) is 48.7 Å². The summed E-state index contributed by atoms with van der Waals surface area (Å²) in [6.07, 6.45) is 1.22. The maximum absolute atomic E-state index is 5.59. The number of methoxy groups -OCH3 is 1. The molecular weight excluding hydrogens is 218 g/mol. The van der Waals surface area contributed by atoms with Crippen LogP contribution in [0.1, 0.15) is 6.42 Å². The summed E-state index contributed by atoms with van der Waals surface area (Å²) in [5.41, 5.74) is 5.59. The molecule has 1 aliphatic rings. The van der Waals surface area contributed by atoms with E-state index in [1.165, 1.54) is 13.0 Å². The van der Waals surface area contributed by atoms with Crippen molar-refractivity contribution in [2.45, 2.75) is 6.42 Å². The van der Waals surface area contributed by atoms with E-state index in [-0.39, 0.29) is 5.95 Å². The third kappa shape index (κ3) is 3.20. The van der Waals surface area contributed by atoms with Crippen molar-refractivity contribution in [1.82, 2.24) is 14.9 Å². The molecular formula is C11H19N5O. The second kappa shape index (κ2) is 5.18. The predicted molar refractivity (Wildman–Crippen MR) is 67.1 cm³/mol. The van der Waals surface area contributed by atoms with Gasteiger partial charge in [-0.3, -0.25) is 0 Å². The Bertz CT molecular complexity index is 384. The van der Waals surface area contributed by atoms with Crippen molar-refractivity contribution in [2.24, 2.45) is 5.92 Å². The number of hydrogen-bond donors (Lipinski definition) is 2. The predicted octanol–water partition coefficient (Wildman–Crippen LogP) is 0.431. The lowest BCUT2D eigenvalue weighted by Gasteiger charge is -2.12. The third-order valence-corrected chi connectivity index (χ3v) is 2.99. The third-order valence-electron chi connectivity index (χ3n) is 2.99. The molecule has 1 fully saturated rings. The van der Waals surface area contributed by atoms with Gasteiger partial charge in [0.1, 0.15) is 5.82 Å². The van der Waals surface area contributed by atoms with Crippen LogP contribution in [0.2, 0.25) is 0 Å². The average Bonchev–Trinajstić information content (AvgIpc) is 2.72. The number of hydrogen-bond acceptors (Lipinski definition) is 6. The van der Waals surface area contributed by atoms with Crippen molar-refractivity contribution in [2.75, 3.05) is 44.8 Å². The highest BCUT2D eigenvalue weighted by molar-refractivity contribution is 5.42. The molecule has 0 saturated carbocycles. The highest BCUT2D eigenvalue weighted by Crippen LogP contribution is 2.17. The lowest BCUT2D eigenvalue weighted by molar-refractivity contribution is 0.396. The van der Waals surface area contributed by atoms with Crippen LogP contribution in [0.5, 0.6) is 5.88 Å². The topological polar surface area (TPSA) is 76.3 Å². The van der Waals surface area contributed by atoms with Gasteiger partial charge < -0.3 is 20.7 Å². The number of nitrogens with one attached hydrogen (secondary N) is 1. The Morgan fingerprint density at radius 3 is 3.06 bits per heavy atom. The molecule has 1 aliphatic heterocycles. The largest absolute Gasteiger partial charge is 0.481 e. The highest BCUT2D eigenvalue weighted by atomic mass is 16.5. The summed E-state index contributed by atoms with van der Waals surface area (Å²) in [5.74, 6) is 2.12. The van der Waals surface area contributed by atoms with E-state index in [2.05, 4.69) is 27.2 Å². The zero-order valence-electron chi connectivity index (χ0n) is 10.3. The number of aromatic nitrogens is 2. The molecule has 0 radical (unpaired) electrons. The van der Waals surface area contributed by atoms with Crippen LogP contribution >= 0.6 is 0 Å². The van der Waals surface area contributed by atoms with Crippen LogP contribution in [0, 0.1) is 5.92 Å². The summed E-state index contributed by atoms with van der Waals surface area (Å²) in [6.45, 7) is 3.20. The number of anilines is 2. The Hall–Kier alpha value is -1.56. The molecule has 1 saturated heterocycles. The van der Waals surface area contributed by atoms with E-state index in [9.17, 15) is 0 Å². The number of ether oxygens (including phenoxy) is 1. The van der Waals surface area contributed by atoms with Crippen LogP contribution in [0.25, 0.3) is 0 Å². The quantitative estimate of drug-likeness (QED) is 0.791. The van der Waals surface area contributed by atoms with Gasteiger partial charge in [-0.05, 0) is 25.9 Å². The Kier molecular flexibility index (Phi) is 3.63. The fourth-order valence-corrected chi connectivity index (χ4v) is 2.08. The van der Waals surface area contributed by atoms with Crippen LogP contribution in [0.4, 0.5) is 11.8 Å². The summed E-state index contributed by atoms with van der Waals surface area (Å²) < 4.78 is 5.05. The molecule has 0 aromatic carbocycles. The van der Waals surface area contributed by atoms with Gasteiger partial charge in [-0.1, -0.05) is 0 Å². The van der Waals surface area contributed by atoms with Gasteiger partial charge >= 0.3 is 0 Å². The number of rotatable bonds is 4. The highest BCUT2D eigenvalue weighted by Gasteiger charge is 2.19. The Morgan fingerprint density at radius 1 is 1.59 bits per heavy atom. The van der Waals surface area contributed by atoms with Gasteiger partial charge in [-0.25, -0.2) is 0 Å². The maximum Gasteiger partial charge on any atom is 0.225 e. The Balaban J connectivity index is 1.92. The Morgan fingerprint density at radius 2 is 2.41 bits per heavy atom. The van der Waals surface area contributed by atoms with Gasteiger partial charge in [0.2, 0.25) is 11.8 Å². The minimum absolute atomic E-state index is 0.232. The van der Waals surface area contributed by atoms with Gasteiger partial charge in [-0.15, -0.1) is 0 Å². The van der Waals surface area contributed by atoms with E-state index >= 15 is 0 Å². The number of nitrogens with two attached hydrogens (primary N) is 1. The lowest BCUT2D eigenvalue weighted by atomic mass is 10.1. The number of nitrogens with zero attached hydrogens (tertiary/aromatic N) is 3. The molecule has 94 valence electrons. The fourth-order valence-electron chi connectivity index (χ4n) is 2.08. The van der Waals surface area contributed by atoms with Gasteiger partial charge in [-0.2, -0.15) is 9.97 Å². The van der Waals surface area contributed by atoms with E-state index < -0.39 is 0 Å². The van der Waals surface area contributed by atoms with E-state index in [0.29, 0.717) is 11.8 Å². The summed E-state index contributed by atoms with van der Waals surface area (Å²) in [4.78, 5) is 10.4. The number of nitrogen functional groups attached to an aromatic ring is 1.